The third-order valence-corrected chi connectivity index (χ3v) is 5.42. The van der Waals surface area contributed by atoms with Crippen molar-refractivity contribution in [1.82, 2.24) is 10.6 Å². The first-order valence-corrected chi connectivity index (χ1v) is 10.2. The van der Waals surface area contributed by atoms with Gasteiger partial charge < -0.3 is 10.6 Å². The molecule has 1 aliphatic rings. The second kappa shape index (κ2) is 7.88. The first kappa shape index (κ1) is 18.4. The van der Waals surface area contributed by atoms with Crippen LogP contribution in [0.1, 0.15) is 30.0 Å². The van der Waals surface area contributed by atoms with Crippen LogP contribution < -0.4 is 15.8 Å². The first-order valence-electron chi connectivity index (χ1n) is 8.64. The standard InChI is InChI=1S/C19H23N3O3S/c20-26(24,25)17-10-6-14(7-11-17)12-13-21-19(23)22-18(16-8-9-16)15-4-2-1-3-5-15/h1-7,10-11,16,18H,8-9,12-13H2,(H2,20,24,25)(H2,21,22,23)/t18-/m0/s1. The molecule has 2 aromatic rings. The van der Waals surface area contributed by atoms with Crippen LogP contribution in [0.5, 0.6) is 0 Å². The van der Waals surface area contributed by atoms with E-state index in [9.17, 15) is 13.2 Å². The molecule has 0 saturated heterocycles. The van der Waals surface area contributed by atoms with Crippen LogP contribution in [-0.2, 0) is 16.4 Å². The van der Waals surface area contributed by atoms with E-state index in [4.69, 9.17) is 5.14 Å². The monoisotopic (exact) mass is 373 g/mol. The molecule has 1 atom stereocenters. The summed E-state index contributed by atoms with van der Waals surface area (Å²) >= 11 is 0. The van der Waals surface area contributed by atoms with E-state index in [1.54, 1.807) is 12.1 Å². The molecule has 0 unspecified atom stereocenters. The number of carbonyl (C=O) groups is 1. The number of nitrogens with one attached hydrogen (secondary N) is 2. The number of rotatable bonds is 7. The molecular weight excluding hydrogens is 350 g/mol. The number of sulfonamides is 1. The summed E-state index contributed by atoms with van der Waals surface area (Å²) in [6.45, 7) is 0.465. The maximum absolute atomic E-state index is 12.2. The molecule has 4 N–H and O–H groups in total. The van der Waals surface area contributed by atoms with Crippen molar-refractivity contribution in [1.29, 1.82) is 0 Å². The van der Waals surface area contributed by atoms with Crippen molar-refractivity contribution < 1.29 is 13.2 Å². The first-order chi connectivity index (χ1) is 12.4. The average Bonchev–Trinajstić information content (AvgIpc) is 3.45. The molecule has 0 radical (unpaired) electrons. The van der Waals surface area contributed by atoms with Gasteiger partial charge in [0.15, 0.2) is 0 Å². The van der Waals surface area contributed by atoms with E-state index in [1.807, 2.05) is 30.3 Å². The highest BCUT2D eigenvalue weighted by Crippen LogP contribution is 2.40. The van der Waals surface area contributed by atoms with Crippen LogP contribution >= 0.6 is 0 Å². The van der Waals surface area contributed by atoms with E-state index in [2.05, 4.69) is 10.6 Å². The normalized spacial score (nSPS) is 15.3. The average molecular weight is 373 g/mol. The Morgan fingerprint density at radius 1 is 1.08 bits per heavy atom. The molecule has 3 rings (SSSR count). The van der Waals surface area contributed by atoms with Crippen LogP contribution in [0.25, 0.3) is 0 Å². The van der Waals surface area contributed by atoms with Crippen LogP contribution in [0.4, 0.5) is 4.79 Å². The molecule has 6 nitrogen and oxygen atoms in total. The lowest BCUT2D eigenvalue weighted by molar-refractivity contribution is 0.235. The summed E-state index contributed by atoms with van der Waals surface area (Å²) in [7, 11) is -3.68. The lowest BCUT2D eigenvalue weighted by Crippen LogP contribution is -2.39. The number of carbonyl (C=O) groups excluding carboxylic acids is 1. The van der Waals surface area contributed by atoms with Crippen molar-refractivity contribution >= 4 is 16.1 Å². The molecule has 0 bridgehead atoms. The molecule has 138 valence electrons. The van der Waals surface area contributed by atoms with Crippen molar-refractivity contribution in [2.45, 2.75) is 30.2 Å². The van der Waals surface area contributed by atoms with Gasteiger partial charge in [-0.2, -0.15) is 0 Å². The van der Waals surface area contributed by atoms with E-state index in [0.29, 0.717) is 18.9 Å². The van der Waals surface area contributed by atoms with E-state index in [0.717, 1.165) is 24.0 Å². The number of hydrogen-bond donors (Lipinski definition) is 3. The van der Waals surface area contributed by atoms with Crippen LogP contribution in [0.3, 0.4) is 0 Å². The zero-order valence-electron chi connectivity index (χ0n) is 14.4. The van der Waals surface area contributed by atoms with Gasteiger partial charge in [-0.25, -0.2) is 18.4 Å². The molecule has 2 aromatic carbocycles. The largest absolute Gasteiger partial charge is 0.338 e. The van der Waals surface area contributed by atoms with Gasteiger partial charge in [-0.05, 0) is 48.4 Å². The highest BCUT2D eigenvalue weighted by atomic mass is 32.2. The topological polar surface area (TPSA) is 101 Å². The van der Waals surface area contributed by atoms with Crippen molar-refractivity contribution in [3.8, 4) is 0 Å². The molecule has 7 heteroatoms. The Morgan fingerprint density at radius 3 is 2.31 bits per heavy atom. The number of amides is 2. The molecule has 1 fully saturated rings. The van der Waals surface area contributed by atoms with Crippen molar-refractivity contribution in [3.05, 3.63) is 65.7 Å². The fourth-order valence-corrected chi connectivity index (χ4v) is 3.44. The Kier molecular flexibility index (Phi) is 5.58. The van der Waals surface area contributed by atoms with Crippen molar-refractivity contribution in [2.24, 2.45) is 11.1 Å². The molecule has 0 aromatic heterocycles. The Bertz CT molecular complexity index is 847. The van der Waals surface area contributed by atoms with Crippen LogP contribution in [0.15, 0.2) is 59.5 Å². The lowest BCUT2D eigenvalue weighted by atomic mass is 10.0. The van der Waals surface area contributed by atoms with Crippen LogP contribution in [0.2, 0.25) is 0 Å². The molecule has 0 spiro atoms. The second-order valence-corrected chi connectivity index (χ2v) is 8.13. The molecule has 0 heterocycles. The Morgan fingerprint density at radius 2 is 1.73 bits per heavy atom. The predicted molar refractivity (Wildman–Crippen MR) is 100.0 cm³/mol. The fourth-order valence-electron chi connectivity index (χ4n) is 2.92. The van der Waals surface area contributed by atoms with E-state index in [1.165, 1.54) is 12.1 Å². The Hall–Kier alpha value is -2.38. The maximum atomic E-state index is 12.2. The summed E-state index contributed by atoms with van der Waals surface area (Å²) in [5.74, 6) is 0.508. The molecule has 2 amide bonds. The van der Waals surface area contributed by atoms with Gasteiger partial charge in [-0.1, -0.05) is 42.5 Å². The van der Waals surface area contributed by atoms with Crippen molar-refractivity contribution in [3.63, 3.8) is 0 Å². The molecule has 1 aliphatic carbocycles. The highest BCUT2D eigenvalue weighted by Gasteiger charge is 2.33. The fraction of sp³-hybridized carbons (Fsp3) is 0.316. The number of primary sulfonamides is 1. The zero-order valence-corrected chi connectivity index (χ0v) is 15.2. The third-order valence-electron chi connectivity index (χ3n) is 4.49. The number of benzene rings is 2. The van der Waals surface area contributed by atoms with Gasteiger partial charge in [0, 0.05) is 6.54 Å². The SMILES string of the molecule is NS(=O)(=O)c1ccc(CCNC(=O)N[C@@H](c2ccccc2)C2CC2)cc1. The number of hydrogen-bond acceptors (Lipinski definition) is 3. The molecular formula is C19H23N3O3S. The summed E-state index contributed by atoms with van der Waals surface area (Å²) in [4.78, 5) is 12.3. The highest BCUT2D eigenvalue weighted by molar-refractivity contribution is 7.89. The predicted octanol–water partition coefficient (Wildman–Crippen LogP) is 2.33. The zero-order chi connectivity index (χ0) is 18.6. The van der Waals surface area contributed by atoms with E-state index < -0.39 is 10.0 Å². The van der Waals surface area contributed by atoms with Crippen LogP contribution in [0, 0.1) is 5.92 Å². The van der Waals surface area contributed by atoms with Gasteiger partial charge >= 0.3 is 6.03 Å². The Labute approximate surface area is 153 Å². The van der Waals surface area contributed by atoms with Gasteiger partial charge in [0.1, 0.15) is 0 Å². The summed E-state index contributed by atoms with van der Waals surface area (Å²) in [6, 6.07) is 16.2. The molecule has 26 heavy (non-hydrogen) atoms. The number of urea groups is 1. The van der Waals surface area contributed by atoms with Gasteiger partial charge in [0.2, 0.25) is 10.0 Å². The summed E-state index contributed by atoms with van der Waals surface area (Å²) in [5, 5.41) is 11.0. The molecule has 1 saturated carbocycles. The van der Waals surface area contributed by atoms with Gasteiger partial charge in [0.25, 0.3) is 0 Å². The summed E-state index contributed by atoms with van der Waals surface area (Å²) < 4.78 is 22.5. The maximum Gasteiger partial charge on any atom is 0.315 e. The van der Waals surface area contributed by atoms with Gasteiger partial charge in [0.05, 0.1) is 10.9 Å². The summed E-state index contributed by atoms with van der Waals surface area (Å²) in [5.41, 5.74) is 2.06. The minimum absolute atomic E-state index is 0.0465. The molecule has 0 aliphatic heterocycles. The van der Waals surface area contributed by atoms with Gasteiger partial charge in [-0.3, -0.25) is 0 Å². The van der Waals surface area contributed by atoms with Gasteiger partial charge in [-0.15, -0.1) is 0 Å². The third kappa shape index (κ3) is 5.06. The minimum Gasteiger partial charge on any atom is -0.338 e. The smallest absolute Gasteiger partial charge is 0.315 e. The second-order valence-electron chi connectivity index (χ2n) is 6.56. The lowest BCUT2D eigenvalue weighted by Gasteiger charge is -2.19. The van der Waals surface area contributed by atoms with Crippen molar-refractivity contribution in [2.75, 3.05) is 6.54 Å². The quantitative estimate of drug-likeness (QED) is 0.694. The van der Waals surface area contributed by atoms with E-state index >= 15 is 0 Å². The Balaban J connectivity index is 1.49. The van der Waals surface area contributed by atoms with Crippen LogP contribution in [-0.4, -0.2) is 21.0 Å². The van der Waals surface area contributed by atoms with E-state index in [-0.39, 0.29) is 17.0 Å². The minimum atomic E-state index is -3.68. The number of nitrogens with two attached hydrogens (primary N) is 1. The summed E-state index contributed by atoms with van der Waals surface area (Å²) in [6.07, 6.45) is 2.88.